The van der Waals surface area contributed by atoms with Crippen molar-refractivity contribution in [2.45, 2.75) is 25.4 Å². The number of carbonyl (C=O) groups excluding carboxylic acids is 1. The summed E-state index contributed by atoms with van der Waals surface area (Å²) in [6, 6.07) is 7.77. The lowest BCUT2D eigenvalue weighted by molar-refractivity contribution is -0.122. The fraction of sp³-hybridized carbons (Fsp3) is 0.632. The molecule has 3 rings (SSSR count). The highest BCUT2D eigenvalue weighted by molar-refractivity contribution is 6.30. The third-order valence-electron chi connectivity index (χ3n) is 4.97. The Hall–Kier alpha value is -1.14. The number of nitrogens with zero attached hydrogens (tertiary/aromatic N) is 2. The number of piperazine rings is 1. The average Bonchev–Trinajstić information content (AvgIpc) is 3.11. The molecule has 0 bridgehead atoms. The third-order valence-corrected chi connectivity index (χ3v) is 5.22. The van der Waals surface area contributed by atoms with Gasteiger partial charge in [0.15, 0.2) is 0 Å². The highest BCUT2D eigenvalue weighted by Gasteiger charge is 2.23. The molecule has 2 fully saturated rings. The standard InChI is InChI=1S/C19H28ClN3O2/c20-17-5-3-16(4-6-17)7-8-21-19(24)15-23-11-9-22(10-12-23)14-18-2-1-13-25-18/h3-6,18H,1-2,7-15H2,(H,21,24)/t18-/m1/s1. The van der Waals surface area contributed by atoms with Crippen LogP contribution < -0.4 is 5.32 Å². The normalized spacial score (nSPS) is 22.2. The van der Waals surface area contributed by atoms with E-state index in [0.717, 1.165) is 50.8 Å². The summed E-state index contributed by atoms with van der Waals surface area (Å²) in [7, 11) is 0. The first-order chi connectivity index (χ1) is 12.2. The summed E-state index contributed by atoms with van der Waals surface area (Å²) in [5.74, 6) is 0.113. The van der Waals surface area contributed by atoms with Gasteiger partial charge in [-0.05, 0) is 37.0 Å². The number of nitrogens with one attached hydrogen (secondary N) is 1. The molecule has 1 atom stereocenters. The van der Waals surface area contributed by atoms with Gasteiger partial charge in [0, 0.05) is 50.9 Å². The lowest BCUT2D eigenvalue weighted by atomic mass is 10.1. The topological polar surface area (TPSA) is 44.8 Å². The third kappa shape index (κ3) is 6.26. The summed E-state index contributed by atoms with van der Waals surface area (Å²) in [4.78, 5) is 16.8. The quantitative estimate of drug-likeness (QED) is 0.800. The molecule has 1 aromatic carbocycles. The molecule has 2 aliphatic heterocycles. The van der Waals surface area contributed by atoms with Crippen molar-refractivity contribution in [3.8, 4) is 0 Å². The molecule has 0 aromatic heterocycles. The van der Waals surface area contributed by atoms with Crippen molar-refractivity contribution in [2.75, 3.05) is 52.4 Å². The van der Waals surface area contributed by atoms with E-state index in [-0.39, 0.29) is 5.91 Å². The minimum absolute atomic E-state index is 0.113. The summed E-state index contributed by atoms with van der Waals surface area (Å²) in [5.41, 5.74) is 1.19. The fourth-order valence-corrected chi connectivity index (χ4v) is 3.59. The van der Waals surface area contributed by atoms with Gasteiger partial charge in [-0.3, -0.25) is 14.6 Å². The van der Waals surface area contributed by atoms with Gasteiger partial charge >= 0.3 is 0 Å². The maximum atomic E-state index is 12.1. The zero-order valence-electron chi connectivity index (χ0n) is 14.8. The van der Waals surface area contributed by atoms with Gasteiger partial charge in [0.2, 0.25) is 5.91 Å². The minimum atomic E-state index is 0.113. The number of ether oxygens (including phenoxy) is 1. The highest BCUT2D eigenvalue weighted by atomic mass is 35.5. The van der Waals surface area contributed by atoms with Crippen LogP contribution in [-0.2, 0) is 16.0 Å². The zero-order valence-corrected chi connectivity index (χ0v) is 15.5. The van der Waals surface area contributed by atoms with Gasteiger partial charge in [-0.1, -0.05) is 23.7 Å². The smallest absolute Gasteiger partial charge is 0.234 e. The van der Waals surface area contributed by atoms with Crippen LogP contribution in [0, 0.1) is 0 Å². The van der Waals surface area contributed by atoms with Crippen molar-refractivity contribution >= 4 is 17.5 Å². The number of halogens is 1. The van der Waals surface area contributed by atoms with Crippen molar-refractivity contribution in [3.05, 3.63) is 34.9 Å². The van der Waals surface area contributed by atoms with E-state index in [9.17, 15) is 4.79 Å². The minimum Gasteiger partial charge on any atom is -0.377 e. The average molecular weight is 366 g/mol. The first-order valence-corrected chi connectivity index (χ1v) is 9.64. The van der Waals surface area contributed by atoms with Crippen LogP contribution in [-0.4, -0.2) is 74.2 Å². The molecule has 0 radical (unpaired) electrons. The van der Waals surface area contributed by atoms with E-state index in [0.29, 0.717) is 19.2 Å². The first kappa shape index (κ1) is 18.6. The van der Waals surface area contributed by atoms with Crippen LogP contribution in [0.5, 0.6) is 0 Å². The largest absolute Gasteiger partial charge is 0.377 e. The Bertz CT molecular complexity index is 538. The van der Waals surface area contributed by atoms with Crippen LogP contribution in [0.2, 0.25) is 5.02 Å². The Balaban J connectivity index is 1.29. The van der Waals surface area contributed by atoms with E-state index in [2.05, 4.69) is 15.1 Å². The predicted molar refractivity (Wildman–Crippen MR) is 100 cm³/mol. The summed E-state index contributed by atoms with van der Waals surface area (Å²) >= 11 is 5.88. The van der Waals surface area contributed by atoms with E-state index in [1.54, 1.807) is 0 Å². The predicted octanol–water partition coefficient (Wildman–Crippen LogP) is 1.80. The molecule has 2 saturated heterocycles. The van der Waals surface area contributed by atoms with Gasteiger partial charge in [0.25, 0.3) is 0 Å². The van der Waals surface area contributed by atoms with E-state index in [4.69, 9.17) is 16.3 Å². The number of carbonyl (C=O) groups is 1. The van der Waals surface area contributed by atoms with Crippen molar-refractivity contribution < 1.29 is 9.53 Å². The Kier molecular flexibility index (Phi) is 7.11. The van der Waals surface area contributed by atoms with Gasteiger partial charge in [-0.2, -0.15) is 0 Å². The van der Waals surface area contributed by atoms with Gasteiger partial charge in [-0.15, -0.1) is 0 Å². The van der Waals surface area contributed by atoms with Crippen LogP contribution >= 0.6 is 11.6 Å². The molecular formula is C19H28ClN3O2. The second-order valence-electron chi connectivity index (χ2n) is 6.94. The van der Waals surface area contributed by atoms with Gasteiger partial charge < -0.3 is 10.1 Å². The number of hydrogen-bond acceptors (Lipinski definition) is 4. The zero-order chi connectivity index (χ0) is 17.5. The molecule has 1 aromatic rings. The SMILES string of the molecule is O=C(CN1CCN(C[C@H]2CCCO2)CC1)NCCc1ccc(Cl)cc1. The molecule has 5 nitrogen and oxygen atoms in total. The summed E-state index contributed by atoms with van der Waals surface area (Å²) < 4.78 is 5.71. The Morgan fingerprint density at radius 1 is 1.16 bits per heavy atom. The summed E-state index contributed by atoms with van der Waals surface area (Å²) in [6.45, 7) is 7.08. The van der Waals surface area contributed by atoms with Crippen molar-refractivity contribution in [1.29, 1.82) is 0 Å². The van der Waals surface area contributed by atoms with Crippen molar-refractivity contribution in [2.24, 2.45) is 0 Å². The van der Waals surface area contributed by atoms with E-state index < -0.39 is 0 Å². The molecule has 2 heterocycles. The number of benzene rings is 1. The van der Waals surface area contributed by atoms with Crippen LogP contribution in [0.3, 0.4) is 0 Å². The molecule has 0 aliphatic carbocycles. The Morgan fingerprint density at radius 3 is 2.56 bits per heavy atom. The van der Waals surface area contributed by atoms with Gasteiger partial charge in [-0.25, -0.2) is 0 Å². The van der Waals surface area contributed by atoms with Crippen molar-refractivity contribution in [1.82, 2.24) is 15.1 Å². The molecule has 0 spiro atoms. The van der Waals surface area contributed by atoms with E-state index >= 15 is 0 Å². The van der Waals surface area contributed by atoms with Crippen LogP contribution in [0.25, 0.3) is 0 Å². The van der Waals surface area contributed by atoms with E-state index in [1.807, 2.05) is 24.3 Å². The van der Waals surface area contributed by atoms with Crippen molar-refractivity contribution in [3.63, 3.8) is 0 Å². The van der Waals surface area contributed by atoms with Crippen LogP contribution in [0.1, 0.15) is 18.4 Å². The Labute approximate surface area is 155 Å². The highest BCUT2D eigenvalue weighted by Crippen LogP contribution is 2.14. The fourth-order valence-electron chi connectivity index (χ4n) is 3.46. The molecule has 0 saturated carbocycles. The van der Waals surface area contributed by atoms with Crippen LogP contribution in [0.15, 0.2) is 24.3 Å². The molecule has 1 amide bonds. The monoisotopic (exact) mass is 365 g/mol. The molecule has 25 heavy (non-hydrogen) atoms. The molecule has 0 unspecified atom stereocenters. The summed E-state index contributed by atoms with van der Waals surface area (Å²) in [6.07, 6.45) is 3.64. The first-order valence-electron chi connectivity index (χ1n) is 9.26. The van der Waals surface area contributed by atoms with Gasteiger partial charge in [0.05, 0.1) is 12.6 Å². The Morgan fingerprint density at radius 2 is 1.88 bits per heavy atom. The number of rotatable bonds is 7. The molecular weight excluding hydrogens is 338 g/mol. The molecule has 2 aliphatic rings. The maximum Gasteiger partial charge on any atom is 0.234 e. The molecule has 1 N–H and O–H groups in total. The molecule has 138 valence electrons. The number of amides is 1. The van der Waals surface area contributed by atoms with Gasteiger partial charge in [0.1, 0.15) is 0 Å². The van der Waals surface area contributed by atoms with E-state index in [1.165, 1.54) is 18.4 Å². The lowest BCUT2D eigenvalue weighted by Crippen LogP contribution is -2.51. The maximum absolute atomic E-state index is 12.1. The molecule has 6 heteroatoms. The number of hydrogen-bond donors (Lipinski definition) is 1. The van der Waals surface area contributed by atoms with Crippen LogP contribution in [0.4, 0.5) is 0 Å². The lowest BCUT2D eigenvalue weighted by Gasteiger charge is -2.35. The second kappa shape index (κ2) is 9.53. The summed E-state index contributed by atoms with van der Waals surface area (Å²) in [5, 5.41) is 3.76. The second-order valence-corrected chi connectivity index (χ2v) is 7.37.